The van der Waals surface area contributed by atoms with Crippen LogP contribution in [0.2, 0.25) is 0 Å². The first-order valence-corrected chi connectivity index (χ1v) is 4.13. The van der Waals surface area contributed by atoms with E-state index in [0.717, 1.165) is 39.2 Å². The largest absolute Gasteiger partial charge is 0.385 e. The van der Waals surface area contributed by atoms with Gasteiger partial charge in [0.15, 0.2) is 0 Å². The summed E-state index contributed by atoms with van der Waals surface area (Å²) in [5.74, 6) is 0. The first kappa shape index (κ1) is 10.9. The highest BCUT2D eigenvalue weighted by Crippen LogP contribution is 1.85. The van der Waals surface area contributed by atoms with Gasteiger partial charge in [0.2, 0.25) is 0 Å². The Bertz CT molecular complexity index is 61.1. The lowest BCUT2D eigenvalue weighted by Crippen LogP contribution is -2.11. The molecule has 0 aliphatic carbocycles. The van der Waals surface area contributed by atoms with Gasteiger partial charge in [-0.3, -0.25) is 0 Å². The van der Waals surface area contributed by atoms with Crippen LogP contribution in [0.1, 0.15) is 12.8 Å². The highest BCUT2D eigenvalue weighted by atomic mass is 16.5. The van der Waals surface area contributed by atoms with E-state index in [-0.39, 0.29) is 0 Å². The van der Waals surface area contributed by atoms with Gasteiger partial charge in [0.25, 0.3) is 0 Å². The fourth-order valence-corrected chi connectivity index (χ4v) is 0.758. The second kappa shape index (κ2) is 9.88. The highest BCUT2D eigenvalue weighted by molar-refractivity contribution is 4.39. The molecule has 1 N–H and O–H groups in total. The molecular weight excluding hydrogens is 142 g/mol. The Morgan fingerprint density at radius 2 is 1.82 bits per heavy atom. The Kier molecular flexibility index (Phi) is 9.77. The van der Waals surface area contributed by atoms with Crippen molar-refractivity contribution in [2.24, 2.45) is 0 Å². The standard InChI is InChI=1S/C8H19NO2/c1-9-5-3-7-11-8-4-6-10-2/h9H,3-8H2,1-2H3. The van der Waals surface area contributed by atoms with Crippen LogP contribution in [-0.4, -0.2) is 40.5 Å². The molecule has 0 saturated carbocycles. The van der Waals surface area contributed by atoms with Gasteiger partial charge in [-0.15, -0.1) is 0 Å². The summed E-state index contributed by atoms with van der Waals surface area (Å²) in [6, 6.07) is 0. The van der Waals surface area contributed by atoms with Gasteiger partial charge in [-0.05, 0) is 26.4 Å². The van der Waals surface area contributed by atoms with E-state index in [0.29, 0.717) is 0 Å². The van der Waals surface area contributed by atoms with E-state index in [9.17, 15) is 0 Å². The predicted molar refractivity (Wildman–Crippen MR) is 45.9 cm³/mol. The van der Waals surface area contributed by atoms with Crippen LogP contribution in [0.25, 0.3) is 0 Å². The molecule has 68 valence electrons. The van der Waals surface area contributed by atoms with Crippen molar-refractivity contribution in [2.45, 2.75) is 12.8 Å². The summed E-state index contributed by atoms with van der Waals surface area (Å²) < 4.78 is 10.2. The fourth-order valence-electron chi connectivity index (χ4n) is 0.758. The van der Waals surface area contributed by atoms with Gasteiger partial charge in [-0.25, -0.2) is 0 Å². The van der Waals surface area contributed by atoms with E-state index in [2.05, 4.69) is 5.32 Å². The topological polar surface area (TPSA) is 30.5 Å². The van der Waals surface area contributed by atoms with Crippen LogP contribution >= 0.6 is 0 Å². The molecule has 0 fully saturated rings. The summed E-state index contributed by atoms with van der Waals surface area (Å²) >= 11 is 0. The molecule has 0 aromatic rings. The summed E-state index contributed by atoms with van der Waals surface area (Å²) in [7, 11) is 3.66. The maximum atomic E-state index is 5.32. The molecule has 0 spiro atoms. The average Bonchev–Trinajstić information content (AvgIpc) is 2.03. The van der Waals surface area contributed by atoms with Crippen molar-refractivity contribution in [3.8, 4) is 0 Å². The Balaban J connectivity index is 2.69. The Morgan fingerprint density at radius 3 is 2.45 bits per heavy atom. The molecule has 0 amide bonds. The first-order chi connectivity index (χ1) is 5.41. The lowest BCUT2D eigenvalue weighted by Gasteiger charge is -2.02. The first-order valence-electron chi connectivity index (χ1n) is 4.13. The monoisotopic (exact) mass is 161 g/mol. The van der Waals surface area contributed by atoms with Gasteiger partial charge >= 0.3 is 0 Å². The number of rotatable bonds is 8. The number of nitrogens with one attached hydrogen (secondary N) is 1. The van der Waals surface area contributed by atoms with Gasteiger partial charge in [-0.2, -0.15) is 0 Å². The van der Waals surface area contributed by atoms with Crippen LogP contribution in [0.4, 0.5) is 0 Å². The van der Waals surface area contributed by atoms with Crippen LogP contribution in [0, 0.1) is 0 Å². The van der Waals surface area contributed by atoms with E-state index < -0.39 is 0 Å². The van der Waals surface area contributed by atoms with E-state index >= 15 is 0 Å². The van der Waals surface area contributed by atoms with Gasteiger partial charge in [0.1, 0.15) is 0 Å². The third-order valence-electron chi connectivity index (χ3n) is 1.35. The molecule has 0 aromatic heterocycles. The SMILES string of the molecule is CNCCCOCCCOC. The van der Waals surface area contributed by atoms with Gasteiger partial charge in [0.05, 0.1) is 0 Å². The van der Waals surface area contributed by atoms with Crippen LogP contribution in [0.15, 0.2) is 0 Å². The quantitative estimate of drug-likeness (QED) is 0.530. The van der Waals surface area contributed by atoms with Crippen molar-refractivity contribution in [3.63, 3.8) is 0 Å². The number of ether oxygens (including phenoxy) is 2. The zero-order chi connectivity index (χ0) is 8.36. The van der Waals surface area contributed by atoms with E-state index in [1.165, 1.54) is 0 Å². The summed E-state index contributed by atoms with van der Waals surface area (Å²) in [4.78, 5) is 0. The highest BCUT2D eigenvalue weighted by Gasteiger charge is 1.87. The zero-order valence-corrected chi connectivity index (χ0v) is 7.56. The van der Waals surface area contributed by atoms with Crippen molar-refractivity contribution < 1.29 is 9.47 Å². The molecule has 0 unspecified atom stereocenters. The fraction of sp³-hybridized carbons (Fsp3) is 1.00. The molecule has 0 heterocycles. The van der Waals surface area contributed by atoms with Crippen LogP contribution in [-0.2, 0) is 9.47 Å². The van der Waals surface area contributed by atoms with Crippen LogP contribution in [0.5, 0.6) is 0 Å². The molecule has 0 aliphatic heterocycles. The molecule has 3 heteroatoms. The number of hydrogen-bond acceptors (Lipinski definition) is 3. The molecule has 0 radical (unpaired) electrons. The van der Waals surface area contributed by atoms with Crippen LogP contribution < -0.4 is 5.32 Å². The molecule has 0 atom stereocenters. The van der Waals surface area contributed by atoms with Crippen molar-refractivity contribution in [1.29, 1.82) is 0 Å². The predicted octanol–water partition coefficient (Wildman–Crippen LogP) is 0.649. The van der Waals surface area contributed by atoms with E-state index in [1.54, 1.807) is 7.11 Å². The molecule has 0 saturated heterocycles. The molecule has 0 bridgehead atoms. The number of hydrogen-bond donors (Lipinski definition) is 1. The van der Waals surface area contributed by atoms with Gasteiger partial charge in [0, 0.05) is 26.9 Å². The molecule has 11 heavy (non-hydrogen) atoms. The Hall–Kier alpha value is -0.120. The maximum absolute atomic E-state index is 5.32. The third-order valence-corrected chi connectivity index (χ3v) is 1.35. The summed E-state index contributed by atoms with van der Waals surface area (Å²) in [5.41, 5.74) is 0. The lowest BCUT2D eigenvalue weighted by atomic mass is 10.4. The van der Waals surface area contributed by atoms with Crippen molar-refractivity contribution in [3.05, 3.63) is 0 Å². The molecule has 0 aromatic carbocycles. The summed E-state index contributed by atoms with van der Waals surface area (Å²) in [6.07, 6.45) is 2.08. The van der Waals surface area contributed by atoms with Gasteiger partial charge in [-0.1, -0.05) is 0 Å². The summed E-state index contributed by atoms with van der Waals surface area (Å²) in [5, 5.41) is 3.07. The number of methoxy groups -OCH3 is 1. The zero-order valence-electron chi connectivity index (χ0n) is 7.56. The molecule has 3 nitrogen and oxygen atoms in total. The molecular formula is C8H19NO2. The van der Waals surface area contributed by atoms with E-state index in [4.69, 9.17) is 9.47 Å². The van der Waals surface area contributed by atoms with Crippen molar-refractivity contribution in [2.75, 3.05) is 40.5 Å². The minimum atomic E-state index is 0.798. The Morgan fingerprint density at radius 1 is 1.09 bits per heavy atom. The summed E-state index contributed by atoms with van der Waals surface area (Å²) in [6.45, 7) is 3.50. The second-order valence-electron chi connectivity index (χ2n) is 2.42. The molecule has 0 rings (SSSR count). The average molecular weight is 161 g/mol. The second-order valence-corrected chi connectivity index (χ2v) is 2.42. The lowest BCUT2D eigenvalue weighted by molar-refractivity contribution is 0.101. The Labute approximate surface area is 69.1 Å². The van der Waals surface area contributed by atoms with Crippen molar-refractivity contribution in [1.82, 2.24) is 5.32 Å². The van der Waals surface area contributed by atoms with Crippen molar-refractivity contribution >= 4 is 0 Å². The van der Waals surface area contributed by atoms with Gasteiger partial charge < -0.3 is 14.8 Å². The van der Waals surface area contributed by atoms with Crippen LogP contribution in [0.3, 0.4) is 0 Å². The minimum absolute atomic E-state index is 0.798. The maximum Gasteiger partial charge on any atom is 0.0487 e. The third kappa shape index (κ3) is 9.88. The normalized spacial score (nSPS) is 10.4. The van der Waals surface area contributed by atoms with E-state index in [1.807, 2.05) is 7.05 Å². The minimum Gasteiger partial charge on any atom is -0.385 e. The molecule has 0 aliphatic rings. The smallest absolute Gasteiger partial charge is 0.0487 e.